The first kappa shape index (κ1) is 14.7. The molecule has 1 unspecified atom stereocenters. The molecule has 0 bridgehead atoms. The Hall–Kier alpha value is -1.75. The highest BCUT2D eigenvalue weighted by Crippen LogP contribution is 2.30. The lowest BCUT2D eigenvalue weighted by Crippen LogP contribution is -2.48. The van der Waals surface area contributed by atoms with Crippen molar-refractivity contribution in [1.82, 2.24) is 10.2 Å². The van der Waals surface area contributed by atoms with E-state index in [0.717, 1.165) is 25.9 Å². The number of aromatic hydroxyl groups is 1. The molecule has 1 aromatic carbocycles. The number of para-hydroxylation sites is 1. The number of carbonyl (C=O) groups excluding carboxylic acids is 1. The van der Waals surface area contributed by atoms with E-state index in [1.807, 2.05) is 11.8 Å². The summed E-state index contributed by atoms with van der Waals surface area (Å²) < 4.78 is 5.06. The smallest absolute Gasteiger partial charge is 0.258 e. The third-order valence-corrected chi connectivity index (χ3v) is 3.76. The van der Waals surface area contributed by atoms with Gasteiger partial charge in [-0.1, -0.05) is 6.07 Å². The van der Waals surface area contributed by atoms with Gasteiger partial charge >= 0.3 is 0 Å². The molecule has 20 heavy (non-hydrogen) atoms. The van der Waals surface area contributed by atoms with Crippen molar-refractivity contribution < 1.29 is 14.6 Å². The van der Waals surface area contributed by atoms with Gasteiger partial charge in [-0.25, -0.2) is 0 Å². The number of phenols is 1. The van der Waals surface area contributed by atoms with Crippen LogP contribution >= 0.6 is 0 Å². The summed E-state index contributed by atoms with van der Waals surface area (Å²) >= 11 is 0. The molecule has 1 aliphatic heterocycles. The molecule has 1 aliphatic rings. The van der Waals surface area contributed by atoms with E-state index in [2.05, 4.69) is 5.32 Å². The van der Waals surface area contributed by atoms with E-state index in [1.54, 1.807) is 18.2 Å². The second-order valence-electron chi connectivity index (χ2n) is 4.95. The van der Waals surface area contributed by atoms with Crippen molar-refractivity contribution in [2.24, 2.45) is 0 Å². The standard InChI is InChI=1S/C15H22N2O3/c1-3-17(11-6-5-9-16-10-11)15(19)12-7-4-8-13(20-2)14(12)18/h4,7-8,11,16,18H,3,5-6,9-10H2,1-2H3. The molecule has 0 saturated carbocycles. The van der Waals surface area contributed by atoms with Crippen molar-refractivity contribution in [3.05, 3.63) is 23.8 Å². The molecule has 0 radical (unpaired) electrons. The average Bonchev–Trinajstić information content (AvgIpc) is 2.49. The summed E-state index contributed by atoms with van der Waals surface area (Å²) in [6.45, 7) is 4.41. The Bertz CT molecular complexity index is 470. The third-order valence-electron chi connectivity index (χ3n) is 3.76. The number of benzene rings is 1. The monoisotopic (exact) mass is 278 g/mol. The summed E-state index contributed by atoms with van der Waals surface area (Å²) in [6, 6.07) is 5.19. The van der Waals surface area contributed by atoms with Crippen molar-refractivity contribution in [3.63, 3.8) is 0 Å². The van der Waals surface area contributed by atoms with Crippen LogP contribution < -0.4 is 10.1 Å². The van der Waals surface area contributed by atoms with E-state index < -0.39 is 0 Å². The molecule has 1 amide bonds. The first-order valence-electron chi connectivity index (χ1n) is 7.06. The average molecular weight is 278 g/mol. The summed E-state index contributed by atoms with van der Waals surface area (Å²) in [7, 11) is 1.48. The lowest BCUT2D eigenvalue weighted by molar-refractivity contribution is 0.0658. The lowest BCUT2D eigenvalue weighted by Gasteiger charge is -2.34. The van der Waals surface area contributed by atoms with Crippen LogP contribution in [0.25, 0.3) is 0 Å². The summed E-state index contributed by atoms with van der Waals surface area (Å²) in [5, 5.41) is 13.4. The zero-order valence-electron chi connectivity index (χ0n) is 12.1. The number of ether oxygens (including phenoxy) is 1. The fourth-order valence-electron chi connectivity index (χ4n) is 2.68. The van der Waals surface area contributed by atoms with Crippen molar-refractivity contribution in [2.75, 3.05) is 26.7 Å². The summed E-state index contributed by atoms with van der Waals surface area (Å²) in [4.78, 5) is 14.5. The van der Waals surface area contributed by atoms with Gasteiger partial charge in [-0.05, 0) is 38.4 Å². The van der Waals surface area contributed by atoms with Crippen LogP contribution in [-0.2, 0) is 0 Å². The minimum Gasteiger partial charge on any atom is -0.504 e. The minimum atomic E-state index is -0.141. The molecule has 1 heterocycles. The number of phenolic OH excluding ortho intramolecular Hbond substituents is 1. The number of piperidine rings is 1. The summed E-state index contributed by atoms with van der Waals surface area (Å²) in [5.74, 6) is 0.105. The van der Waals surface area contributed by atoms with E-state index in [1.165, 1.54) is 7.11 Å². The van der Waals surface area contributed by atoms with Gasteiger partial charge in [-0.3, -0.25) is 4.79 Å². The van der Waals surface area contributed by atoms with Crippen molar-refractivity contribution in [1.29, 1.82) is 0 Å². The Labute approximate surface area is 119 Å². The zero-order valence-corrected chi connectivity index (χ0v) is 12.1. The van der Waals surface area contributed by atoms with Crippen LogP contribution in [0.3, 0.4) is 0 Å². The number of carbonyl (C=O) groups is 1. The molecule has 1 fully saturated rings. The molecule has 0 aliphatic carbocycles. The van der Waals surface area contributed by atoms with Crippen LogP contribution in [0, 0.1) is 0 Å². The van der Waals surface area contributed by atoms with Crippen molar-refractivity contribution in [2.45, 2.75) is 25.8 Å². The van der Waals surface area contributed by atoms with E-state index >= 15 is 0 Å². The fraction of sp³-hybridized carbons (Fsp3) is 0.533. The van der Waals surface area contributed by atoms with Crippen molar-refractivity contribution >= 4 is 5.91 Å². The topological polar surface area (TPSA) is 61.8 Å². The second kappa shape index (κ2) is 6.61. The number of hydrogen-bond acceptors (Lipinski definition) is 4. The van der Waals surface area contributed by atoms with Gasteiger partial charge in [0.2, 0.25) is 0 Å². The first-order valence-corrected chi connectivity index (χ1v) is 7.06. The zero-order chi connectivity index (χ0) is 14.5. The van der Waals surface area contributed by atoms with Crippen LogP contribution in [0.1, 0.15) is 30.1 Å². The molecule has 2 N–H and O–H groups in total. The fourth-order valence-corrected chi connectivity index (χ4v) is 2.68. The molecule has 1 aromatic rings. The largest absolute Gasteiger partial charge is 0.504 e. The van der Waals surface area contributed by atoms with Gasteiger partial charge < -0.3 is 20.1 Å². The third kappa shape index (κ3) is 2.88. The number of nitrogens with zero attached hydrogens (tertiary/aromatic N) is 1. The highest BCUT2D eigenvalue weighted by molar-refractivity contribution is 5.97. The highest BCUT2D eigenvalue weighted by atomic mass is 16.5. The minimum absolute atomic E-state index is 0.0813. The highest BCUT2D eigenvalue weighted by Gasteiger charge is 2.27. The molecule has 0 aromatic heterocycles. The van der Waals surface area contributed by atoms with Crippen LogP contribution in [0.5, 0.6) is 11.5 Å². The van der Waals surface area contributed by atoms with Gasteiger partial charge in [-0.15, -0.1) is 0 Å². The maximum Gasteiger partial charge on any atom is 0.258 e. The van der Waals surface area contributed by atoms with E-state index in [0.29, 0.717) is 17.9 Å². The van der Waals surface area contributed by atoms with Gasteiger partial charge in [0.25, 0.3) is 5.91 Å². The molecule has 5 nitrogen and oxygen atoms in total. The van der Waals surface area contributed by atoms with Crippen molar-refractivity contribution in [3.8, 4) is 11.5 Å². The summed E-state index contributed by atoms with van der Waals surface area (Å²) in [6.07, 6.45) is 2.07. The number of hydrogen-bond donors (Lipinski definition) is 2. The number of methoxy groups -OCH3 is 1. The Morgan fingerprint density at radius 3 is 2.95 bits per heavy atom. The van der Waals surface area contributed by atoms with Crippen LogP contribution in [0.4, 0.5) is 0 Å². The first-order chi connectivity index (χ1) is 9.69. The molecule has 0 spiro atoms. The number of rotatable bonds is 4. The van der Waals surface area contributed by atoms with Crippen LogP contribution in [0.2, 0.25) is 0 Å². The van der Waals surface area contributed by atoms with Gasteiger partial charge in [0, 0.05) is 19.1 Å². The quantitative estimate of drug-likeness (QED) is 0.878. The Balaban J connectivity index is 2.24. The van der Waals surface area contributed by atoms with Crippen LogP contribution in [0.15, 0.2) is 18.2 Å². The lowest BCUT2D eigenvalue weighted by atomic mass is 10.0. The van der Waals surface area contributed by atoms with E-state index in [9.17, 15) is 9.90 Å². The molecular formula is C15H22N2O3. The van der Waals surface area contributed by atoms with Crippen LogP contribution in [-0.4, -0.2) is 48.7 Å². The predicted octanol–water partition coefficient (Wildman–Crippen LogP) is 1.61. The molecule has 1 atom stereocenters. The molecule has 110 valence electrons. The molecule has 2 rings (SSSR count). The van der Waals surface area contributed by atoms with Gasteiger partial charge in [0.05, 0.1) is 12.7 Å². The maximum absolute atomic E-state index is 12.6. The predicted molar refractivity (Wildman–Crippen MR) is 77.3 cm³/mol. The summed E-state index contributed by atoms with van der Waals surface area (Å²) in [5.41, 5.74) is 0.303. The normalized spacial score (nSPS) is 18.6. The second-order valence-corrected chi connectivity index (χ2v) is 4.95. The maximum atomic E-state index is 12.6. The molecule has 5 heteroatoms. The Kier molecular flexibility index (Phi) is 4.84. The molecule has 1 saturated heterocycles. The van der Waals surface area contributed by atoms with Gasteiger partial charge in [0.15, 0.2) is 11.5 Å². The number of amides is 1. The Morgan fingerprint density at radius 2 is 2.35 bits per heavy atom. The van der Waals surface area contributed by atoms with Gasteiger partial charge in [-0.2, -0.15) is 0 Å². The van der Waals surface area contributed by atoms with Gasteiger partial charge in [0.1, 0.15) is 0 Å². The number of nitrogens with one attached hydrogen (secondary N) is 1. The Morgan fingerprint density at radius 1 is 1.55 bits per heavy atom. The number of likely N-dealkylation sites (N-methyl/N-ethyl adjacent to an activating group) is 1. The molecular weight excluding hydrogens is 256 g/mol. The SMILES string of the molecule is CCN(C(=O)c1cccc(OC)c1O)C1CCCNC1. The van der Waals surface area contributed by atoms with E-state index in [-0.39, 0.29) is 17.7 Å². The van der Waals surface area contributed by atoms with E-state index in [4.69, 9.17) is 4.74 Å².